The lowest BCUT2D eigenvalue weighted by Gasteiger charge is -2.21. The third-order valence-corrected chi connectivity index (χ3v) is 4.84. The summed E-state index contributed by atoms with van der Waals surface area (Å²) in [5.74, 6) is 0.0599. The summed E-state index contributed by atoms with van der Waals surface area (Å²) in [7, 11) is 0. The van der Waals surface area contributed by atoms with Crippen molar-refractivity contribution >= 4 is 56.6 Å². The van der Waals surface area contributed by atoms with Gasteiger partial charge in [0.15, 0.2) is 9.45 Å². The van der Waals surface area contributed by atoms with Crippen LogP contribution >= 0.6 is 35.3 Å². The number of thiocarbonyl (C=S) groups is 1. The van der Waals surface area contributed by atoms with Gasteiger partial charge in [0.25, 0.3) is 0 Å². The number of carbonyl (C=O) groups is 1. The molecule has 110 valence electrons. The average Bonchev–Trinajstić information content (AvgIpc) is 2.87. The van der Waals surface area contributed by atoms with Crippen LogP contribution in [0.5, 0.6) is 0 Å². The molecule has 2 rings (SSSR count). The van der Waals surface area contributed by atoms with Crippen molar-refractivity contribution in [2.75, 3.05) is 12.3 Å². The molecule has 21 heavy (non-hydrogen) atoms. The molecule has 0 aliphatic rings. The molecule has 0 bridgehead atoms. The van der Waals surface area contributed by atoms with E-state index in [9.17, 15) is 4.79 Å². The van der Waals surface area contributed by atoms with Crippen LogP contribution in [0.1, 0.15) is 0 Å². The summed E-state index contributed by atoms with van der Waals surface area (Å²) in [5.41, 5.74) is 9.09. The molecule has 1 aromatic carbocycles. The highest BCUT2D eigenvalue weighted by Crippen LogP contribution is 2.28. The molecular weight excluding hydrogens is 324 g/mol. The largest absolute Gasteiger partial charge is 0.375 e. The predicted octanol–water partition coefficient (Wildman–Crippen LogP) is 2.15. The van der Waals surface area contributed by atoms with E-state index in [2.05, 4.69) is 17.0 Å². The molecule has 0 radical (unpaired) electrons. The maximum absolute atomic E-state index is 11.9. The Hall–Kier alpha value is -1.64. The van der Waals surface area contributed by atoms with Gasteiger partial charge >= 0.3 is 0 Å². The van der Waals surface area contributed by atoms with Crippen LogP contribution in [0.25, 0.3) is 10.2 Å². The smallest absolute Gasteiger partial charge is 0.249 e. The second kappa shape index (κ2) is 7.39. The molecule has 5 nitrogen and oxygen atoms in total. The van der Waals surface area contributed by atoms with Gasteiger partial charge in [0.05, 0.1) is 22.5 Å². The van der Waals surface area contributed by atoms with E-state index in [1.165, 1.54) is 16.8 Å². The number of nitrogens with zero attached hydrogens (tertiary/aromatic N) is 2. The van der Waals surface area contributed by atoms with Crippen molar-refractivity contribution in [3.8, 4) is 0 Å². The van der Waals surface area contributed by atoms with Crippen LogP contribution in [0.3, 0.4) is 0 Å². The fourth-order valence-corrected chi connectivity index (χ4v) is 3.52. The molecule has 0 atom stereocenters. The maximum atomic E-state index is 11.9. The average molecular weight is 338 g/mol. The highest BCUT2D eigenvalue weighted by Gasteiger charge is 2.11. The quantitative estimate of drug-likeness (QED) is 0.377. The van der Waals surface area contributed by atoms with E-state index < -0.39 is 0 Å². The Kier molecular flexibility index (Phi) is 5.54. The number of thiazole rings is 1. The lowest BCUT2D eigenvalue weighted by molar-refractivity contribution is -0.121. The first kappa shape index (κ1) is 15.7. The first-order valence-electron chi connectivity index (χ1n) is 6.06. The summed E-state index contributed by atoms with van der Waals surface area (Å²) >= 11 is 7.80. The van der Waals surface area contributed by atoms with Crippen LogP contribution in [0.2, 0.25) is 0 Å². The van der Waals surface area contributed by atoms with E-state index >= 15 is 0 Å². The molecule has 1 aromatic heterocycles. The highest BCUT2D eigenvalue weighted by molar-refractivity contribution is 8.01. The Morgan fingerprint density at radius 2 is 2.33 bits per heavy atom. The number of hydrogen-bond acceptors (Lipinski definition) is 5. The first-order valence-corrected chi connectivity index (χ1v) is 8.27. The van der Waals surface area contributed by atoms with Crippen molar-refractivity contribution in [2.24, 2.45) is 5.73 Å². The van der Waals surface area contributed by atoms with Gasteiger partial charge in [0.1, 0.15) is 0 Å². The predicted molar refractivity (Wildman–Crippen MR) is 92.2 cm³/mol. The number of para-hydroxylation sites is 1. The zero-order chi connectivity index (χ0) is 15.2. The Labute approximate surface area is 136 Å². The van der Waals surface area contributed by atoms with Gasteiger partial charge in [-0.25, -0.2) is 4.98 Å². The molecule has 3 N–H and O–H groups in total. The summed E-state index contributed by atoms with van der Waals surface area (Å²) in [6, 6.07) is 7.88. The number of nitrogens with one attached hydrogen (secondary N) is 1. The second-order valence-electron chi connectivity index (χ2n) is 4.01. The third kappa shape index (κ3) is 4.42. The number of rotatable bonds is 5. The minimum Gasteiger partial charge on any atom is -0.375 e. The normalized spacial score (nSPS) is 10.3. The first-order chi connectivity index (χ1) is 10.1. The molecule has 2 aromatic rings. The number of benzene rings is 1. The highest BCUT2D eigenvalue weighted by atomic mass is 32.2. The molecule has 8 heteroatoms. The van der Waals surface area contributed by atoms with Crippen LogP contribution in [0.15, 0.2) is 41.3 Å². The number of thioether (sulfide) groups is 1. The standard InChI is InChI=1S/C13H14N4OS3/c1-2-7-17(12(14)19)16-11(18)8-20-13-15-9-5-3-4-6-10(9)21-13/h2-6H,1,7-8H2,(H2,14,19)(H,16,18). The summed E-state index contributed by atoms with van der Waals surface area (Å²) in [6.45, 7) is 3.95. The van der Waals surface area contributed by atoms with Gasteiger partial charge in [0, 0.05) is 0 Å². The molecule has 0 spiro atoms. The van der Waals surface area contributed by atoms with E-state index in [4.69, 9.17) is 18.0 Å². The van der Waals surface area contributed by atoms with Gasteiger partial charge in [-0.2, -0.15) is 0 Å². The lowest BCUT2D eigenvalue weighted by atomic mass is 10.3. The van der Waals surface area contributed by atoms with Crippen LogP contribution in [-0.4, -0.2) is 33.3 Å². The molecule has 0 fully saturated rings. The van der Waals surface area contributed by atoms with Crippen molar-refractivity contribution in [1.29, 1.82) is 0 Å². The molecule has 0 unspecified atom stereocenters. The van der Waals surface area contributed by atoms with Gasteiger partial charge in [-0.3, -0.25) is 15.2 Å². The molecular formula is C13H14N4OS3. The number of carbonyl (C=O) groups excluding carboxylic acids is 1. The van der Waals surface area contributed by atoms with Gasteiger partial charge in [0.2, 0.25) is 5.91 Å². The van der Waals surface area contributed by atoms with Crippen molar-refractivity contribution in [1.82, 2.24) is 15.4 Å². The molecule has 0 aliphatic carbocycles. The monoisotopic (exact) mass is 338 g/mol. The number of nitrogens with two attached hydrogens (primary N) is 1. The number of hydrogen-bond donors (Lipinski definition) is 2. The Balaban J connectivity index is 1.91. The van der Waals surface area contributed by atoms with Crippen LogP contribution in [-0.2, 0) is 4.79 Å². The van der Waals surface area contributed by atoms with Gasteiger partial charge in [-0.1, -0.05) is 30.0 Å². The second-order valence-corrected chi connectivity index (χ2v) is 6.68. The van der Waals surface area contributed by atoms with Crippen LogP contribution in [0, 0.1) is 0 Å². The van der Waals surface area contributed by atoms with Crippen molar-refractivity contribution < 1.29 is 4.79 Å². The van der Waals surface area contributed by atoms with Gasteiger partial charge in [-0.15, -0.1) is 17.9 Å². The van der Waals surface area contributed by atoms with Crippen LogP contribution < -0.4 is 11.2 Å². The summed E-state index contributed by atoms with van der Waals surface area (Å²) < 4.78 is 1.97. The van der Waals surface area contributed by atoms with Gasteiger partial charge in [-0.05, 0) is 24.4 Å². The zero-order valence-corrected chi connectivity index (χ0v) is 13.6. The number of hydrazine groups is 1. The van der Waals surface area contributed by atoms with E-state index in [0.717, 1.165) is 14.6 Å². The van der Waals surface area contributed by atoms with Crippen LogP contribution in [0.4, 0.5) is 0 Å². The third-order valence-electron chi connectivity index (χ3n) is 2.44. The molecule has 1 amide bonds. The molecule has 0 saturated heterocycles. The van der Waals surface area contributed by atoms with Crippen molar-refractivity contribution in [3.05, 3.63) is 36.9 Å². The lowest BCUT2D eigenvalue weighted by Crippen LogP contribution is -2.49. The summed E-state index contributed by atoms with van der Waals surface area (Å²) in [5, 5.41) is 1.48. The Morgan fingerprint density at radius 1 is 1.57 bits per heavy atom. The summed E-state index contributed by atoms with van der Waals surface area (Å²) in [6.07, 6.45) is 1.61. The Morgan fingerprint density at radius 3 is 3.00 bits per heavy atom. The van der Waals surface area contributed by atoms with Gasteiger partial charge < -0.3 is 5.73 Å². The molecule has 0 saturated carbocycles. The van der Waals surface area contributed by atoms with Crippen molar-refractivity contribution in [3.63, 3.8) is 0 Å². The SMILES string of the molecule is C=CCN(NC(=O)CSc1nc2ccccc2s1)C(N)=S. The fourth-order valence-electron chi connectivity index (χ4n) is 1.54. The van der Waals surface area contributed by atoms with E-state index in [1.54, 1.807) is 17.4 Å². The van der Waals surface area contributed by atoms with E-state index in [0.29, 0.717) is 6.54 Å². The zero-order valence-electron chi connectivity index (χ0n) is 11.1. The topological polar surface area (TPSA) is 71.2 Å². The fraction of sp³-hybridized carbons (Fsp3) is 0.154. The van der Waals surface area contributed by atoms with Crippen molar-refractivity contribution in [2.45, 2.75) is 4.34 Å². The molecule has 0 aliphatic heterocycles. The maximum Gasteiger partial charge on any atom is 0.249 e. The van der Waals surface area contributed by atoms with E-state index in [-0.39, 0.29) is 16.8 Å². The minimum absolute atomic E-state index is 0.105. The molecule has 1 heterocycles. The van der Waals surface area contributed by atoms with E-state index in [1.807, 2.05) is 24.3 Å². The Bertz CT molecular complexity index is 637. The number of fused-ring (bicyclic) bond motifs is 1. The minimum atomic E-state index is -0.186. The number of amides is 1. The number of aromatic nitrogens is 1. The summed E-state index contributed by atoms with van der Waals surface area (Å²) in [4.78, 5) is 16.3.